The first-order valence-corrected chi connectivity index (χ1v) is 12.6. The van der Waals surface area contributed by atoms with Crippen molar-refractivity contribution in [3.05, 3.63) is 76.3 Å². The number of morpholine rings is 1. The number of rotatable bonds is 10. The minimum atomic E-state index is -0.225. The number of carbonyl (C=O) groups is 1. The summed E-state index contributed by atoms with van der Waals surface area (Å²) in [6.45, 7) is 4.42. The Labute approximate surface area is 214 Å². The number of hydrogen-bond acceptors (Lipinski definition) is 8. The van der Waals surface area contributed by atoms with Crippen LogP contribution in [-0.2, 0) is 27.2 Å². The molecule has 0 bridgehead atoms. The van der Waals surface area contributed by atoms with Crippen LogP contribution in [0, 0.1) is 10.8 Å². The van der Waals surface area contributed by atoms with Crippen LogP contribution >= 0.6 is 11.3 Å². The van der Waals surface area contributed by atoms with Gasteiger partial charge in [0, 0.05) is 60.7 Å². The van der Waals surface area contributed by atoms with Crippen LogP contribution in [0.1, 0.15) is 22.4 Å². The summed E-state index contributed by atoms with van der Waals surface area (Å²) < 4.78 is 10.2. The van der Waals surface area contributed by atoms with Gasteiger partial charge < -0.3 is 14.8 Å². The summed E-state index contributed by atoms with van der Waals surface area (Å²) in [4.78, 5) is 20.5. The second-order valence-corrected chi connectivity index (χ2v) is 9.33. The van der Waals surface area contributed by atoms with Gasteiger partial charge in [0.05, 0.1) is 13.2 Å². The van der Waals surface area contributed by atoms with Crippen molar-refractivity contribution in [1.82, 2.24) is 9.88 Å². The molecule has 1 saturated heterocycles. The van der Waals surface area contributed by atoms with Gasteiger partial charge >= 0.3 is 0 Å². The van der Waals surface area contributed by atoms with Crippen molar-refractivity contribution in [3.63, 3.8) is 0 Å². The van der Waals surface area contributed by atoms with Gasteiger partial charge in [-0.15, -0.1) is 11.3 Å². The molecule has 2 aromatic heterocycles. The number of pyridine rings is 1. The third kappa shape index (κ3) is 7.42. The Morgan fingerprint density at radius 1 is 1.22 bits per heavy atom. The Morgan fingerprint density at radius 2 is 2.03 bits per heavy atom. The molecule has 1 fully saturated rings. The Kier molecular flexibility index (Phi) is 9.09. The second kappa shape index (κ2) is 12.9. The molecule has 0 unspecified atom stereocenters. The molecule has 1 aliphatic heterocycles. The van der Waals surface area contributed by atoms with E-state index in [-0.39, 0.29) is 11.8 Å². The number of aromatic nitrogens is 1. The average molecular weight is 504 g/mol. The van der Waals surface area contributed by atoms with Crippen molar-refractivity contribution in [1.29, 1.82) is 10.8 Å². The summed E-state index contributed by atoms with van der Waals surface area (Å²) in [5, 5.41) is 19.5. The monoisotopic (exact) mass is 503 g/mol. The highest BCUT2D eigenvalue weighted by atomic mass is 32.1. The molecule has 9 heteroatoms. The first-order valence-electron chi connectivity index (χ1n) is 11.7. The molecule has 1 aromatic carbocycles. The molecule has 3 aromatic rings. The van der Waals surface area contributed by atoms with Gasteiger partial charge in [-0.25, -0.2) is 0 Å². The zero-order valence-corrected chi connectivity index (χ0v) is 20.7. The predicted octanol–water partition coefficient (Wildman–Crippen LogP) is 4.83. The lowest BCUT2D eigenvalue weighted by Crippen LogP contribution is -2.35. The Balaban J connectivity index is 1.35. The fourth-order valence-electron chi connectivity index (χ4n) is 3.88. The van der Waals surface area contributed by atoms with E-state index in [1.807, 2.05) is 30.3 Å². The highest BCUT2D eigenvalue weighted by molar-refractivity contribution is 7.10. The van der Waals surface area contributed by atoms with E-state index in [0.717, 1.165) is 61.5 Å². The molecule has 3 N–H and O–H groups in total. The standard InChI is InChI=1S/C27H29N5O3S/c28-19-35-26(29)7-3-20-1-5-23(6-2-20)31-27(33)8-4-21-16-30-10-9-25(21)22-15-24(36-18-22)17-32-11-13-34-14-12-32/h1-2,4-6,8-10,15-16,18-19,28-29H,3,7,11-14,17H2,(H,31,33)/b8-4+,28-19?,29-26?. The molecule has 1 aliphatic rings. The number of aryl methyl sites for hydroxylation is 1. The van der Waals surface area contributed by atoms with Gasteiger partial charge in [-0.05, 0) is 58.8 Å². The fourth-order valence-corrected chi connectivity index (χ4v) is 4.80. The summed E-state index contributed by atoms with van der Waals surface area (Å²) in [6, 6.07) is 11.7. The summed E-state index contributed by atoms with van der Waals surface area (Å²) in [5.41, 5.74) is 4.76. The van der Waals surface area contributed by atoms with Crippen molar-refractivity contribution in [2.45, 2.75) is 19.4 Å². The Hall–Kier alpha value is -3.66. The number of benzene rings is 1. The SMILES string of the molecule is N=COC(=N)CCc1ccc(NC(=O)/C=C/c2cnccc2-c2csc(CN3CCOCC3)c2)cc1. The van der Waals surface area contributed by atoms with Gasteiger partial charge in [0.25, 0.3) is 0 Å². The van der Waals surface area contributed by atoms with Crippen molar-refractivity contribution in [3.8, 4) is 11.1 Å². The topological polar surface area (TPSA) is 111 Å². The molecular weight excluding hydrogens is 474 g/mol. The van der Waals surface area contributed by atoms with Crippen LogP contribution in [-0.4, -0.2) is 54.4 Å². The molecule has 4 rings (SSSR count). The molecule has 0 spiro atoms. The van der Waals surface area contributed by atoms with Gasteiger partial charge in [0.1, 0.15) is 0 Å². The molecule has 1 amide bonds. The van der Waals surface area contributed by atoms with Crippen LogP contribution in [0.4, 0.5) is 5.69 Å². The maximum Gasteiger partial charge on any atom is 0.248 e. The van der Waals surface area contributed by atoms with Crippen molar-refractivity contribution < 1.29 is 14.3 Å². The molecule has 3 heterocycles. The largest absolute Gasteiger partial charge is 0.433 e. The molecule has 0 atom stereocenters. The zero-order valence-electron chi connectivity index (χ0n) is 19.9. The summed E-state index contributed by atoms with van der Waals surface area (Å²) >= 11 is 1.75. The Bertz CT molecular complexity index is 1220. The normalized spacial score (nSPS) is 14.0. The smallest absolute Gasteiger partial charge is 0.248 e. The molecule has 0 saturated carbocycles. The number of nitrogens with one attached hydrogen (secondary N) is 3. The second-order valence-electron chi connectivity index (χ2n) is 8.33. The van der Waals surface area contributed by atoms with E-state index in [9.17, 15) is 4.79 Å². The highest BCUT2D eigenvalue weighted by Crippen LogP contribution is 2.29. The number of anilines is 1. The third-order valence-corrected chi connectivity index (χ3v) is 6.70. The van der Waals surface area contributed by atoms with Crippen molar-refractivity contribution >= 4 is 41.3 Å². The van der Waals surface area contributed by atoms with E-state index < -0.39 is 0 Å². The first kappa shape index (κ1) is 25.4. The van der Waals surface area contributed by atoms with E-state index in [2.05, 4.69) is 26.6 Å². The van der Waals surface area contributed by atoms with Gasteiger partial charge in [0.2, 0.25) is 5.91 Å². The quantitative estimate of drug-likeness (QED) is 0.209. The fraction of sp³-hybridized carbons (Fsp3) is 0.259. The first-order chi connectivity index (χ1) is 17.6. The predicted molar refractivity (Wildman–Crippen MR) is 144 cm³/mol. The third-order valence-electron chi connectivity index (χ3n) is 5.78. The lowest BCUT2D eigenvalue weighted by Gasteiger charge is -2.25. The number of hydrogen-bond donors (Lipinski definition) is 3. The average Bonchev–Trinajstić information content (AvgIpc) is 3.36. The van der Waals surface area contributed by atoms with E-state index in [1.165, 1.54) is 11.0 Å². The van der Waals surface area contributed by atoms with Gasteiger partial charge in [0.15, 0.2) is 12.3 Å². The molecule has 8 nitrogen and oxygen atoms in total. The van der Waals surface area contributed by atoms with Crippen molar-refractivity contribution in [2.75, 3.05) is 31.6 Å². The van der Waals surface area contributed by atoms with Crippen LogP contribution < -0.4 is 5.32 Å². The maximum absolute atomic E-state index is 12.5. The summed E-state index contributed by atoms with van der Waals surface area (Å²) in [7, 11) is 0. The Morgan fingerprint density at radius 3 is 2.81 bits per heavy atom. The van der Waals surface area contributed by atoms with Crippen LogP contribution in [0.25, 0.3) is 17.2 Å². The number of nitrogens with zero attached hydrogens (tertiary/aromatic N) is 2. The summed E-state index contributed by atoms with van der Waals surface area (Å²) in [5.74, 6) is -0.171. The highest BCUT2D eigenvalue weighted by Gasteiger charge is 2.13. The number of amides is 1. The van der Waals surface area contributed by atoms with Gasteiger partial charge in [-0.1, -0.05) is 12.1 Å². The van der Waals surface area contributed by atoms with Crippen LogP contribution in [0.3, 0.4) is 0 Å². The summed E-state index contributed by atoms with van der Waals surface area (Å²) in [6.07, 6.45) is 8.65. The minimum absolute atomic E-state index is 0.0538. The van der Waals surface area contributed by atoms with Crippen LogP contribution in [0.2, 0.25) is 0 Å². The van der Waals surface area contributed by atoms with E-state index in [1.54, 1.807) is 29.8 Å². The lowest BCUT2D eigenvalue weighted by atomic mass is 10.0. The van der Waals surface area contributed by atoms with Crippen LogP contribution in [0.15, 0.2) is 60.2 Å². The van der Waals surface area contributed by atoms with Crippen molar-refractivity contribution in [2.24, 2.45) is 0 Å². The minimum Gasteiger partial charge on any atom is -0.433 e. The molecule has 186 valence electrons. The molecular formula is C27H29N5O3S. The zero-order chi connectivity index (χ0) is 25.2. The van der Waals surface area contributed by atoms with Gasteiger partial charge in [-0.2, -0.15) is 0 Å². The molecule has 0 radical (unpaired) electrons. The van der Waals surface area contributed by atoms with E-state index in [4.69, 9.17) is 20.3 Å². The van der Waals surface area contributed by atoms with E-state index in [0.29, 0.717) is 18.5 Å². The number of thiophene rings is 1. The molecule has 0 aliphatic carbocycles. The lowest BCUT2D eigenvalue weighted by molar-refractivity contribution is -0.111. The number of carbonyl (C=O) groups excluding carboxylic acids is 1. The van der Waals surface area contributed by atoms with Gasteiger partial charge in [-0.3, -0.25) is 25.5 Å². The molecule has 36 heavy (non-hydrogen) atoms. The number of ether oxygens (including phenoxy) is 2. The van der Waals surface area contributed by atoms with Crippen LogP contribution in [0.5, 0.6) is 0 Å². The maximum atomic E-state index is 12.5. The van der Waals surface area contributed by atoms with E-state index >= 15 is 0 Å².